The van der Waals surface area contributed by atoms with Gasteiger partial charge in [0.2, 0.25) is 0 Å². The van der Waals surface area contributed by atoms with Crippen LogP contribution in [0.1, 0.15) is 101 Å². The van der Waals surface area contributed by atoms with Gasteiger partial charge in [0, 0.05) is 24.7 Å². The third-order valence-electron chi connectivity index (χ3n) is 4.73. The summed E-state index contributed by atoms with van der Waals surface area (Å²) in [5.74, 6) is -1.05. The summed E-state index contributed by atoms with van der Waals surface area (Å²) in [6.45, 7) is 24.7. The fourth-order valence-corrected chi connectivity index (χ4v) is 2.70. The molecule has 1 rings (SSSR count). The molecule has 1 unspecified atom stereocenters. The normalized spacial score (nSPS) is 15.0. The predicted octanol–water partition coefficient (Wildman–Crippen LogP) is 9.97. The highest BCUT2D eigenvalue weighted by atomic mass is 19.4. The third-order valence-corrected chi connectivity index (χ3v) is 4.73. The van der Waals surface area contributed by atoms with Crippen LogP contribution < -0.4 is 11.1 Å². The summed E-state index contributed by atoms with van der Waals surface area (Å²) in [5.41, 5.74) is 6.29. The molecule has 208 valence electrons. The number of allylic oxidation sites excluding steroid dienone is 6. The second-order valence-electron chi connectivity index (χ2n) is 7.63. The molecule has 0 aliphatic heterocycles. The topological polar surface area (TPSA) is 38.0 Å². The maximum atomic E-state index is 13.6. The van der Waals surface area contributed by atoms with Crippen molar-refractivity contribution in [2.45, 2.75) is 113 Å². The largest absolute Gasteiger partial charge is 0.415 e. The van der Waals surface area contributed by atoms with Crippen molar-refractivity contribution in [1.29, 1.82) is 0 Å². The Morgan fingerprint density at radius 3 is 1.89 bits per heavy atom. The highest BCUT2D eigenvalue weighted by molar-refractivity contribution is 5.23. The summed E-state index contributed by atoms with van der Waals surface area (Å²) in [6, 6.07) is 0.546. The fraction of sp³-hybridized carbons (Fsp3) is 0.655. The van der Waals surface area contributed by atoms with Crippen LogP contribution in [0.4, 0.5) is 17.6 Å². The van der Waals surface area contributed by atoms with E-state index < -0.39 is 17.6 Å². The van der Waals surface area contributed by atoms with E-state index in [0.717, 1.165) is 11.3 Å². The van der Waals surface area contributed by atoms with E-state index in [1.54, 1.807) is 12.2 Å². The minimum Gasteiger partial charge on any atom is -0.385 e. The molecule has 1 aliphatic rings. The molecule has 0 heterocycles. The van der Waals surface area contributed by atoms with Crippen molar-refractivity contribution in [3.8, 4) is 0 Å². The van der Waals surface area contributed by atoms with Gasteiger partial charge in [-0.25, -0.2) is 4.39 Å². The molecule has 3 N–H and O–H groups in total. The van der Waals surface area contributed by atoms with Crippen molar-refractivity contribution in [2.75, 3.05) is 6.54 Å². The Hall–Kier alpha value is -1.82. The Bertz CT molecular complexity index is 596. The zero-order valence-corrected chi connectivity index (χ0v) is 23.9. The van der Waals surface area contributed by atoms with Crippen LogP contribution in [0.3, 0.4) is 0 Å². The highest BCUT2D eigenvalue weighted by Crippen LogP contribution is 2.32. The van der Waals surface area contributed by atoms with Crippen LogP contribution in [0.15, 0.2) is 60.1 Å². The Kier molecular flexibility index (Phi) is 30.9. The first-order chi connectivity index (χ1) is 16.4. The summed E-state index contributed by atoms with van der Waals surface area (Å²) in [5, 5.41) is 3.13. The van der Waals surface area contributed by atoms with Crippen molar-refractivity contribution < 1.29 is 17.6 Å². The van der Waals surface area contributed by atoms with E-state index >= 15 is 0 Å². The standard InChI is InChI=1S/C17H25F4N.C5H11N.C3H6.2C2H6/c1-6-13(4)14(5)22-11-12(3)9-8-10-16(18)15(7-2)17(19,20)21;6-5-3-1-2-4-5;1-3-2;2*1-2/h6,8-9,12,22H,5,7,10-11H2,1-4H3;5H,1-4,6H2;3H,1H2,2H3;2*1-2H3/b9-8-,13-6+,16-15-;;;;. The second-order valence-corrected chi connectivity index (χ2v) is 7.63. The van der Waals surface area contributed by atoms with Crippen LogP contribution in [0.2, 0.25) is 0 Å². The van der Waals surface area contributed by atoms with Gasteiger partial charge < -0.3 is 11.1 Å². The lowest BCUT2D eigenvalue weighted by molar-refractivity contribution is -0.0956. The summed E-state index contributed by atoms with van der Waals surface area (Å²) in [6.07, 6.45) is 6.79. The Labute approximate surface area is 214 Å². The van der Waals surface area contributed by atoms with Crippen LogP contribution >= 0.6 is 0 Å². The first-order valence-electron chi connectivity index (χ1n) is 12.9. The first-order valence-corrected chi connectivity index (χ1v) is 12.9. The van der Waals surface area contributed by atoms with E-state index in [9.17, 15) is 17.6 Å². The van der Waals surface area contributed by atoms with Gasteiger partial charge in [0.1, 0.15) is 5.83 Å². The average Bonchev–Trinajstić information content (AvgIpc) is 3.31. The van der Waals surface area contributed by atoms with Gasteiger partial charge in [-0.2, -0.15) is 13.2 Å². The molecular weight excluding hydrogens is 452 g/mol. The molecule has 35 heavy (non-hydrogen) atoms. The van der Waals surface area contributed by atoms with Gasteiger partial charge in [-0.1, -0.05) is 85.3 Å². The molecule has 0 amide bonds. The SMILES string of the molecule is C=C(NCC(C)/C=C\C/C(F)=C(\CC)C(F)(F)F)/C(C)=C/C.C=CC.CC.CC.NC1CCCC1. The van der Waals surface area contributed by atoms with Crippen molar-refractivity contribution in [3.05, 3.63) is 60.1 Å². The fourth-order valence-electron chi connectivity index (χ4n) is 2.70. The van der Waals surface area contributed by atoms with E-state index in [0.29, 0.717) is 12.6 Å². The van der Waals surface area contributed by atoms with Crippen LogP contribution in [0.5, 0.6) is 0 Å². The van der Waals surface area contributed by atoms with E-state index in [1.165, 1.54) is 38.7 Å². The van der Waals surface area contributed by atoms with Crippen molar-refractivity contribution >= 4 is 0 Å². The summed E-state index contributed by atoms with van der Waals surface area (Å²) in [7, 11) is 0. The lowest BCUT2D eigenvalue weighted by Gasteiger charge is -2.13. The third kappa shape index (κ3) is 25.1. The molecule has 0 radical (unpaired) electrons. The molecule has 0 aromatic heterocycles. The molecule has 0 saturated heterocycles. The maximum Gasteiger partial charge on any atom is 0.415 e. The molecule has 0 aromatic carbocycles. The Morgan fingerprint density at radius 1 is 1.11 bits per heavy atom. The van der Waals surface area contributed by atoms with Crippen molar-refractivity contribution in [1.82, 2.24) is 5.32 Å². The van der Waals surface area contributed by atoms with E-state index in [2.05, 4.69) is 18.5 Å². The lowest BCUT2D eigenvalue weighted by Crippen LogP contribution is -2.19. The van der Waals surface area contributed by atoms with E-state index in [4.69, 9.17) is 5.73 Å². The molecule has 6 heteroatoms. The molecule has 1 aliphatic carbocycles. The summed E-state index contributed by atoms with van der Waals surface area (Å²) in [4.78, 5) is 0. The van der Waals surface area contributed by atoms with Crippen LogP contribution in [0.25, 0.3) is 0 Å². The number of rotatable bonds is 8. The minimum atomic E-state index is -4.60. The van der Waals surface area contributed by atoms with Gasteiger partial charge in [-0.05, 0) is 51.5 Å². The molecule has 1 atom stereocenters. The van der Waals surface area contributed by atoms with Crippen LogP contribution in [-0.2, 0) is 0 Å². The average molecular weight is 507 g/mol. The molecule has 2 nitrogen and oxygen atoms in total. The van der Waals surface area contributed by atoms with Crippen molar-refractivity contribution in [2.24, 2.45) is 11.7 Å². The number of hydrogen-bond acceptors (Lipinski definition) is 2. The molecule has 1 saturated carbocycles. The maximum absolute atomic E-state index is 13.6. The zero-order valence-electron chi connectivity index (χ0n) is 23.9. The quantitative estimate of drug-likeness (QED) is 0.195. The van der Waals surface area contributed by atoms with E-state index in [1.807, 2.05) is 61.5 Å². The Balaban J connectivity index is -0.000000302. The summed E-state index contributed by atoms with van der Waals surface area (Å²) < 4.78 is 51.1. The van der Waals surface area contributed by atoms with Gasteiger partial charge in [-0.15, -0.1) is 6.58 Å². The summed E-state index contributed by atoms with van der Waals surface area (Å²) >= 11 is 0. The van der Waals surface area contributed by atoms with Gasteiger partial charge in [0.05, 0.1) is 5.57 Å². The predicted molar refractivity (Wildman–Crippen MR) is 149 cm³/mol. The minimum absolute atomic E-state index is 0.0603. The number of nitrogens with one attached hydrogen (secondary N) is 1. The number of nitrogens with two attached hydrogens (primary N) is 1. The van der Waals surface area contributed by atoms with Gasteiger partial charge in [0.15, 0.2) is 0 Å². The zero-order chi connectivity index (χ0) is 28.4. The van der Waals surface area contributed by atoms with Gasteiger partial charge >= 0.3 is 6.18 Å². The smallest absolute Gasteiger partial charge is 0.385 e. The lowest BCUT2D eigenvalue weighted by atomic mass is 10.1. The van der Waals surface area contributed by atoms with Crippen LogP contribution in [0, 0.1) is 5.92 Å². The second kappa shape index (κ2) is 26.8. The monoisotopic (exact) mass is 506 g/mol. The molecular formula is C29H54F4N2. The number of hydrogen-bond donors (Lipinski definition) is 2. The van der Waals surface area contributed by atoms with Gasteiger partial charge in [0.25, 0.3) is 0 Å². The van der Waals surface area contributed by atoms with Gasteiger partial charge in [-0.3, -0.25) is 0 Å². The molecule has 0 spiro atoms. The Morgan fingerprint density at radius 2 is 1.57 bits per heavy atom. The molecule has 1 fully saturated rings. The number of halogens is 4. The molecule has 0 bridgehead atoms. The first kappa shape index (κ1) is 40.4. The molecule has 0 aromatic rings. The number of alkyl halides is 3. The van der Waals surface area contributed by atoms with Crippen LogP contribution in [-0.4, -0.2) is 18.8 Å². The highest BCUT2D eigenvalue weighted by Gasteiger charge is 2.34. The van der Waals surface area contributed by atoms with Crippen molar-refractivity contribution in [3.63, 3.8) is 0 Å². The van der Waals surface area contributed by atoms with E-state index in [-0.39, 0.29) is 18.8 Å².